The number of nitrogens with one attached hydrogen (secondary N) is 1. The van der Waals surface area contributed by atoms with Gasteiger partial charge in [-0.2, -0.15) is 0 Å². The number of hydrogen-bond donors (Lipinski definition) is 1. The van der Waals surface area contributed by atoms with Crippen molar-refractivity contribution >= 4 is 33.4 Å². The van der Waals surface area contributed by atoms with Crippen molar-refractivity contribution in [2.75, 3.05) is 26.2 Å². The van der Waals surface area contributed by atoms with Crippen LogP contribution in [0.15, 0.2) is 22.7 Å². The molecular formula is C16H20BrClN2O. The molecule has 0 aliphatic carbocycles. The Morgan fingerprint density at radius 1 is 1.19 bits per heavy atom. The lowest BCUT2D eigenvalue weighted by Crippen LogP contribution is -2.47. The van der Waals surface area contributed by atoms with Gasteiger partial charge in [-0.15, -0.1) is 0 Å². The maximum absolute atomic E-state index is 12.6. The molecule has 3 rings (SSSR count). The first kappa shape index (κ1) is 15.3. The Labute approximate surface area is 139 Å². The molecule has 21 heavy (non-hydrogen) atoms. The molecule has 1 aromatic carbocycles. The minimum Gasteiger partial charge on any atom is -0.339 e. The van der Waals surface area contributed by atoms with Crippen molar-refractivity contribution < 1.29 is 4.79 Å². The average Bonchev–Trinajstić information content (AvgIpc) is 2.48. The molecule has 0 atom stereocenters. The molecule has 2 aliphatic heterocycles. The number of carbonyl (C=O) groups excluding carboxylic acids is 1. The van der Waals surface area contributed by atoms with Gasteiger partial charge < -0.3 is 10.2 Å². The summed E-state index contributed by atoms with van der Waals surface area (Å²) in [5, 5.41) is 4.07. The van der Waals surface area contributed by atoms with Crippen LogP contribution < -0.4 is 5.32 Å². The van der Waals surface area contributed by atoms with Crippen LogP contribution in [0.2, 0.25) is 5.02 Å². The van der Waals surface area contributed by atoms with E-state index in [2.05, 4.69) is 21.2 Å². The van der Waals surface area contributed by atoms with E-state index in [1.54, 1.807) is 12.1 Å². The van der Waals surface area contributed by atoms with Crippen molar-refractivity contribution in [3.8, 4) is 0 Å². The molecule has 1 N–H and O–H groups in total. The molecule has 0 aromatic heterocycles. The molecule has 1 amide bonds. The summed E-state index contributed by atoms with van der Waals surface area (Å²) in [6, 6.07) is 5.37. The quantitative estimate of drug-likeness (QED) is 0.816. The lowest BCUT2D eigenvalue weighted by atomic mass is 9.71. The second kappa shape index (κ2) is 6.27. The third-order valence-corrected chi connectivity index (χ3v) is 5.83. The zero-order valence-electron chi connectivity index (χ0n) is 12.0. The molecule has 2 heterocycles. The van der Waals surface area contributed by atoms with Crippen LogP contribution in [0.5, 0.6) is 0 Å². The number of amides is 1. The van der Waals surface area contributed by atoms with Gasteiger partial charge in [0, 0.05) is 22.6 Å². The summed E-state index contributed by atoms with van der Waals surface area (Å²) >= 11 is 9.39. The van der Waals surface area contributed by atoms with Gasteiger partial charge in [0.2, 0.25) is 0 Å². The Morgan fingerprint density at radius 3 is 2.48 bits per heavy atom. The molecule has 1 spiro atoms. The van der Waals surface area contributed by atoms with Crippen molar-refractivity contribution in [1.82, 2.24) is 10.2 Å². The number of rotatable bonds is 1. The normalized spacial score (nSPS) is 21.5. The predicted molar refractivity (Wildman–Crippen MR) is 88.8 cm³/mol. The van der Waals surface area contributed by atoms with Gasteiger partial charge in [0.05, 0.1) is 5.56 Å². The lowest BCUT2D eigenvalue weighted by Gasteiger charge is -2.44. The Hall–Kier alpha value is -0.580. The summed E-state index contributed by atoms with van der Waals surface area (Å²) in [6.45, 7) is 3.98. The topological polar surface area (TPSA) is 32.3 Å². The largest absolute Gasteiger partial charge is 0.339 e. The summed E-state index contributed by atoms with van der Waals surface area (Å²) in [6.07, 6.45) is 4.76. The second-order valence-electron chi connectivity index (χ2n) is 6.17. The number of piperidine rings is 2. The first-order valence-corrected chi connectivity index (χ1v) is 8.72. The molecule has 2 aliphatic rings. The van der Waals surface area contributed by atoms with E-state index in [-0.39, 0.29) is 5.91 Å². The molecule has 2 saturated heterocycles. The van der Waals surface area contributed by atoms with Gasteiger partial charge in [0.15, 0.2) is 0 Å². The molecule has 0 saturated carbocycles. The van der Waals surface area contributed by atoms with Crippen LogP contribution in [0, 0.1) is 5.41 Å². The van der Waals surface area contributed by atoms with Crippen LogP contribution in [-0.2, 0) is 0 Å². The van der Waals surface area contributed by atoms with Gasteiger partial charge in [-0.05, 0) is 78.3 Å². The highest BCUT2D eigenvalue weighted by molar-refractivity contribution is 9.10. The average molecular weight is 372 g/mol. The van der Waals surface area contributed by atoms with Crippen LogP contribution >= 0.6 is 27.5 Å². The second-order valence-corrected chi connectivity index (χ2v) is 7.46. The van der Waals surface area contributed by atoms with Crippen LogP contribution in [0.3, 0.4) is 0 Å². The Kier molecular flexibility index (Phi) is 4.57. The fraction of sp³-hybridized carbons (Fsp3) is 0.562. The van der Waals surface area contributed by atoms with Crippen molar-refractivity contribution in [2.24, 2.45) is 5.41 Å². The van der Waals surface area contributed by atoms with E-state index in [0.29, 0.717) is 16.0 Å². The van der Waals surface area contributed by atoms with Crippen molar-refractivity contribution in [3.63, 3.8) is 0 Å². The molecule has 2 fully saturated rings. The van der Waals surface area contributed by atoms with Crippen LogP contribution in [0.4, 0.5) is 0 Å². The fourth-order valence-electron chi connectivity index (χ4n) is 3.47. The molecule has 3 nitrogen and oxygen atoms in total. The van der Waals surface area contributed by atoms with E-state index in [9.17, 15) is 4.79 Å². The number of hydrogen-bond acceptors (Lipinski definition) is 2. The van der Waals surface area contributed by atoms with Crippen molar-refractivity contribution in [1.29, 1.82) is 0 Å². The predicted octanol–water partition coefficient (Wildman–Crippen LogP) is 3.71. The maximum atomic E-state index is 12.6. The number of likely N-dealkylation sites (tertiary alicyclic amines) is 1. The highest BCUT2D eigenvalue weighted by Crippen LogP contribution is 2.40. The van der Waals surface area contributed by atoms with Gasteiger partial charge in [-0.1, -0.05) is 11.6 Å². The van der Waals surface area contributed by atoms with Crippen molar-refractivity contribution in [2.45, 2.75) is 25.7 Å². The standard InChI is InChI=1S/C16H20BrClN2O/c17-14-11-12(18)1-2-13(14)15(21)20-9-5-16(6-10-20)3-7-19-8-4-16/h1-2,11,19H,3-10H2. The van der Waals surface area contributed by atoms with Crippen LogP contribution in [0.25, 0.3) is 0 Å². The molecular weight excluding hydrogens is 352 g/mol. The molecule has 0 unspecified atom stereocenters. The summed E-state index contributed by atoms with van der Waals surface area (Å²) < 4.78 is 0.780. The van der Waals surface area contributed by atoms with E-state index in [1.807, 2.05) is 11.0 Å². The summed E-state index contributed by atoms with van der Waals surface area (Å²) in [5.41, 5.74) is 1.18. The summed E-state index contributed by atoms with van der Waals surface area (Å²) in [4.78, 5) is 14.6. The highest BCUT2D eigenvalue weighted by atomic mass is 79.9. The number of benzene rings is 1. The number of halogens is 2. The van der Waals surface area contributed by atoms with E-state index in [0.717, 1.165) is 43.5 Å². The molecule has 114 valence electrons. The molecule has 0 radical (unpaired) electrons. The van der Waals surface area contributed by atoms with E-state index in [4.69, 9.17) is 11.6 Å². The Bertz CT molecular complexity index is 533. The minimum atomic E-state index is 0.113. The third-order valence-electron chi connectivity index (χ3n) is 4.94. The van der Waals surface area contributed by atoms with Crippen LogP contribution in [-0.4, -0.2) is 37.0 Å². The molecule has 0 bridgehead atoms. The minimum absolute atomic E-state index is 0.113. The first-order valence-electron chi connectivity index (χ1n) is 7.55. The lowest BCUT2D eigenvalue weighted by molar-refractivity contribution is 0.0495. The van der Waals surface area contributed by atoms with Gasteiger partial charge in [0.25, 0.3) is 5.91 Å². The highest BCUT2D eigenvalue weighted by Gasteiger charge is 2.37. The fourth-order valence-corrected chi connectivity index (χ4v) is 4.33. The van der Waals surface area contributed by atoms with Gasteiger partial charge in [-0.25, -0.2) is 0 Å². The SMILES string of the molecule is O=C(c1ccc(Cl)cc1Br)N1CCC2(CCNCC2)CC1. The zero-order valence-corrected chi connectivity index (χ0v) is 14.3. The summed E-state index contributed by atoms with van der Waals surface area (Å²) in [7, 11) is 0. The van der Waals surface area contributed by atoms with E-state index >= 15 is 0 Å². The van der Waals surface area contributed by atoms with Gasteiger partial charge >= 0.3 is 0 Å². The van der Waals surface area contributed by atoms with Gasteiger partial charge in [0.1, 0.15) is 0 Å². The maximum Gasteiger partial charge on any atom is 0.254 e. The number of carbonyl (C=O) groups is 1. The van der Waals surface area contributed by atoms with Gasteiger partial charge in [-0.3, -0.25) is 4.79 Å². The first-order chi connectivity index (χ1) is 10.1. The Balaban J connectivity index is 1.67. The summed E-state index contributed by atoms with van der Waals surface area (Å²) in [5.74, 6) is 0.113. The molecule has 5 heteroatoms. The van der Waals surface area contributed by atoms with Crippen molar-refractivity contribution in [3.05, 3.63) is 33.3 Å². The Morgan fingerprint density at radius 2 is 1.86 bits per heavy atom. The third kappa shape index (κ3) is 3.27. The van der Waals surface area contributed by atoms with Crippen LogP contribution in [0.1, 0.15) is 36.0 Å². The number of nitrogens with zero attached hydrogens (tertiary/aromatic N) is 1. The van der Waals surface area contributed by atoms with E-state index < -0.39 is 0 Å². The van der Waals surface area contributed by atoms with E-state index in [1.165, 1.54) is 12.8 Å². The monoisotopic (exact) mass is 370 g/mol. The zero-order chi connectivity index (χ0) is 14.9. The molecule has 1 aromatic rings. The smallest absolute Gasteiger partial charge is 0.254 e.